The number of ether oxygens (including phenoxy) is 1. The average Bonchev–Trinajstić information content (AvgIpc) is 3.09. The molecule has 0 aliphatic carbocycles. The van der Waals surface area contributed by atoms with Crippen LogP contribution in [-0.2, 0) is 10.0 Å². The van der Waals surface area contributed by atoms with Crippen LogP contribution in [0.1, 0.15) is 16.1 Å². The van der Waals surface area contributed by atoms with Crippen LogP contribution in [0.3, 0.4) is 0 Å². The molecule has 1 aliphatic heterocycles. The molecule has 9 heteroatoms. The Labute approximate surface area is 179 Å². The van der Waals surface area contributed by atoms with Gasteiger partial charge in [-0.15, -0.1) is 0 Å². The lowest BCUT2D eigenvalue weighted by Gasteiger charge is -2.33. The van der Waals surface area contributed by atoms with Gasteiger partial charge in [-0.3, -0.25) is 4.79 Å². The van der Waals surface area contributed by atoms with Crippen LogP contribution >= 0.6 is 11.6 Å². The van der Waals surface area contributed by atoms with E-state index in [9.17, 15) is 13.2 Å². The van der Waals surface area contributed by atoms with Crippen LogP contribution < -0.4 is 4.74 Å². The van der Waals surface area contributed by atoms with E-state index in [1.807, 2.05) is 13.0 Å². The van der Waals surface area contributed by atoms with Gasteiger partial charge in [-0.25, -0.2) is 8.42 Å². The lowest BCUT2D eigenvalue weighted by molar-refractivity contribution is 0.0667. The van der Waals surface area contributed by atoms with Crippen molar-refractivity contribution in [2.45, 2.75) is 11.8 Å². The first kappa shape index (κ1) is 20.7. The Bertz CT molecular complexity index is 1210. The van der Waals surface area contributed by atoms with Crippen molar-refractivity contribution in [3.63, 3.8) is 0 Å². The highest BCUT2D eigenvalue weighted by Crippen LogP contribution is 2.30. The van der Waals surface area contributed by atoms with E-state index in [0.29, 0.717) is 11.3 Å². The van der Waals surface area contributed by atoms with E-state index in [0.717, 1.165) is 10.9 Å². The number of amides is 1. The van der Waals surface area contributed by atoms with Crippen LogP contribution in [0.25, 0.3) is 11.0 Å². The van der Waals surface area contributed by atoms with Gasteiger partial charge in [-0.2, -0.15) is 4.31 Å². The van der Waals surface area contributed by atoms with E-state index in [1.165, 1.54) is 10.4 Å². The first-order chi connectivity index (χ1) is 14.3. The standard InChI is InChI=1S/C21H21ClN2O5S/c1-14-16-13-15(28-2)7-8-18(16)29-20(14)21(25)23-9-11-24(12-10-23)30(26,27)19-6-4-3-5-17(19)22/h3-8,13H,9-12H2,1-2H3. The van der Waals surface area contributed by atoms with Crippen molar-refractivity contribution in [2.75, 3.05) is 33.3 Å². The molecule has 0 bridgehead atoms. The summed E-state index contributed by atoms with van der Waals surface area (Å²) < 4.78 is 38.2. The molecule has 0 N–H and O–H groups in total. The quantitative estimate of drug-likeness (QED) is 0.609. The Morgan fingerprint density at radius 2 is 1.80 bits per heavy atom. The predicted octanol–water partition coefficient (Wildman–Crippen LogP) is 3.55. The summed E-state index contributed by atoms with van der Waals surface area (Å²) in [6, 6.07) is 11.7. The minimum Gasteiger partial charge on any atom is -0.497 e. The molecule has 0 atom stereocenters. The van der Waals surface area contributed by atoms with Crippen molar-refractivity contribution in [3.8, 4) is 5.75 Å². The van der Waals surface area contributed by atoms with Gasteiger partial charge in [-0.1, -0.05) is 23.7 Å². The number of methoxy groups -OCH3 is 1. The third-order valence-corrected chi connectivity index (χ3v) is 7.72. The van der Waals surface area contributed by atoms with Crippen molar-refractivity contribution >= 4 is 38.5 Å². The van der Waals surface area contributed by atoms with Gasteiger partial charge >= 0.3 is 0 Å². The topological polar surface area (TPSA) is 80.1 Å². The van der Waals surface area contributed by atoms with Gasteiger partial charge in [0, 0.05) is 37.1 Å². The zero-order chi connectivity index (χ0) is 21.5. The number of carbonyl (C=O) groups is 1. The number of benzene rings is 2. The van der Waals surface area contributed by atoms with Crippen molar-refractivity contribution in [3.05, 3.63) is 58.8 Å². The molecule has 0 saturated carbocycles. The van der Waals surface area contributed by atoms with E-state index in [-0.39, 0.29) is 47.8 Å². The molecule has 30 heavy (non-hydrogen) atoms. The van der Waals surface area contributed by atoms with E-state index >= 15 is 0 Å². The molecule has 0 spiro atoms. The molecule has 3 aromatic rings. The number of fused-ring (bicyclic) bond motifs is 1. The number of hydrogen-bond donors (Lipinski definition) is 0. The van der Waals surface area contributed by atoms with Crippen LogP contribution in [0.5, 0.6) is 5.75 Å². The highest BCUT2D eigenvalue weighted by molar-refractivity contribution is 7.89. The summed E-state index contributed by atoms with van der Waals surface area (Å²) in [5.74, 6) is 0.696. The van der Waals surface area contributed by atoms with Crippen LogP contribution in [-0.4, -0.2) is 56.8 Å². The Morgan fingerprint density at radius 1 is 1.10 bits per heavy atom. The number of nitrogens with zero attached hydrogens (tertiary/aromatic N) is 2. The molecular weight excluding hydrogens is 428 g/mol. The van der Waals surface area contributed by atoms with Gasteiger partial charge in [0.15, 0.2) is 5.76 Å². The number of piperazine rings is 1. The fourth-order valence-electron chi connectivity index (χ4n) is 3.60. The number of sulfonamides is 1. The molecule has 1 aromatic heterocycles. The summed E-state index contributed by atoms with van der Waals surface area (Å²) in [4.78, 5) is 14.7. The predicted molar refractivity (Wildman–Crippen MR) is 114 cm³/mol. The molecule has 1 saturated heterocycles. The molecule has 158 valence electrons. The molecule has 7 nitrogen and oxygen atoms in total. The SMILES string of the molecule is COc1ccc2oc(C(=O)N3CCN(S(=O)(=O)c4ccccc4Cl)CC3)c(C)c2c1. The van der Waals surface area contributed by atoms with Crippen molar-refractivity contribution in [1.29, 1.82) is 0 Å². The van der Waals surface area contributed by atoms with E-state index in [2.05, 4.69) is 0 Å². The van der Waals surface area contributed by atoms with Crippen molar-refractivity contribution in [2.24, 2.45) is 0 Å². The molecule has 1 aliphatic rings. The molecular formula is C21H21ClN2O5S. The maximum atomic E-state index is 13.0. The molecule has 1 fully saturated rings. The largest absolute Gasteiger partial charge is 0.497 e. The number of rotatable bonds is 4. The van der Waals surface area contributed by atoms with E-state index < -0.39 is 10.0 Å². The Hall–Kier alpha value is -2.55. The fraction of sp³-hybridized carbons (Fsp3) is 0.286. The lowest BCUT2D eigenvalue weighted by atomic mass is 10.1. The number of carbonyl (C=O) groups excluding carboxylic acids is 1. The Morgan fingerprint density at radius 3 is 2.47 bits per heavy atom. The van der Waals surface area contributed by atoms with Gasteiger partial charge in [-0.05, 0) is 37.3 Å². The second-order valence-corrected chi connectivity index (χ2v) is 9.36. The van der Waals surface area contributed by atoms with Crippen molar-refractivity contribution in [1.82, 2.24) is 9.21 Å². The first-order valence-corrected chi connectivity index (χ1v) is 11.3. The highest BCUT2D eigenvalue weighted by atomic mass is 35.5. The average molecular weight is 449 g/mol. The second-order valence-electron chi connectivity index (χ2n) is 7.04. The minimum atomic E-state index is -3.72. The lowest BCUT2D eigenvalue weighted by Crippen LogP contribution is -2.50. The van der Waals surface area contributed by atoms with E-state index in [1.54, 1.807) is 42.3 Å². The Balaban J connectivity index is 1.52. The summed E-state index contributed by atoms with van der Waals surface area (Å²) >= 11 is 6.07. The molecule has 2 heterocycles. The molecule has 1 amide bonds. The van der Waals surface area contributed by atoms with Gasteiger partial charge in [0.05, 0.1) is 12.1 Å². The zero-order valence-electron chi connectivity index (χ0n) is 16.6. The summed E-state index contributed by atoms with van der Waals surface area (Å²) in [5, 5.41) is 1.00. The maximum absolute atomic E-state index is 13.0. The minimum absolute atomic E-state index is 0.0773. The molecule has 2 aromatic carbocycles. The third kappa shape index (κ3) is 3.55. The Kier molecular flexibility index (Phi) is 5.48. The third-order valence-electron chi connectivity index (χ3n) is 5.32. The van der Waals surface area contributed by atoms with Crippen LogP contribution in [0.2, 0.25) is 5.02 Å². The number of aryl methyl sites for hydroxylation is 1. The monoisotopic (exact) mass is 448 g/mol. The smallest absolute Gasteiger partial charge is 0.289 e. The van der Waals surface area contributed by atoms with Gasteiger partial charge < -0.3 is 14.1 Å². The van der Waals surface area contributed by atoms with Crippen molar-refractivity contribution < 1.29 is 22.4 Å². The first-order valence-electron chi connectivity index (χ1n) is 9.44. The van der Waals surface area contributed by atoms with Crippen LogP contribution in [0.4, 0.5) is 0 Å². The van der Waals surface area contributed by atoms with Gasteiger partial charge in [0.25, 0.3) is 5.91 Å². The van der Waals surface area contributed by atoms with Gasteiger partial charge in [0.1, 0.15) is 16.2 Å². The maximum Gasteiger partial charge on any atom is 0.289 e. The fourth-order valence-corrected chi connectivity index (χ4v) is 5.51. The molecule has 4 rings (SSSR count). The van der Waals surface area contributed by atoms with Crippen LogP contribution in [0, 0.1) is 6.92 Å². The zero-order valence-corrected chi connectivity index (χ0v) is 18.2. The summed E-state index contributed by atoms with van der Waals surface area (Å²) in [6.45, 7) is 2.74. The van der Waals surface area contributed by atoms with E-state index in [4.69, 9.17) is 20.8 Å². The number of halogens is 1. The number of hydrogen-bond acceptors (Lipinski definition) is 5. The molecule has 0 radical (unpaired) electrons. The highest BCUT2D eigenvalue weighted by Gasteiger charge is 2.33. The second kappa shape index (κ2) is 7.94. The van der Waals surface area contributed by atoms with Crippen LogP contribution in [0.15, 0.2) is 51.8 Å². The summed E-state index contributed by atoms with van der Waals surface area (Å²) in [6.07, 6.45) is 0. The van der Waals surface area contributed by atoms with Gasteiger partial charge in [0.2, 0.25) is 10.0 Å². The summed E-state index contributed by atoms with van der Waals surface area (Å²) in [7, 11) is -2.13. The summed E-state index contributed by atoms with van der Waals surface area (Å²) in [5.41, 5.74) is 1.34. The molecule has 0 unspecified atom stereocenters. The normalized spacial score (nSPS) is 15.5. The number of furan rings is 1.